The highest BCUT2D eigenvalue weighted by Gasteiger charge is 2.45. The fourth-order valence-electron chi connectivity index (χ4n) is 4.45. The number of carboxylic acids is 1. The number of fused-ring (bicyclic) bond motifs is 1. The molecule has 29 heavy (non-hydrogen) atoms. The molecular formula is C22H21N3O4. The second kappa shape index (κ2) is 6.62. The number of ketones is 1. The molecule has 2 aromatic heterocycles. The van der Waals surface area contributed by atoms with E-state index < -0.39 is 5.97 Å². The van der Waals surface area contributed by atoms with Crippen molar-refractivity contribution in [3.05, 3.63) is 48.3 Å². The molecule has 5 rings (SSSR count). The molecule has 7 heteroatoms. The van der Waals surface area contributed by atoms with Gasteiger partial charge in [-0.25, -0.2) is 9.78 Å². The number of carbonyl (C=O) groups is 2. The Bertz CT molecular complexity index is 1100. The van der Waals surface area contributed by atoms with Crippen LogP contribution in [0.4, 0.5) is 5.69 Å². The van der Waals surface area contributed by atoms with E-state index in [4.69, 9.17) is 4.74 Å². The van der Waals surface area contributed by atoms with Crippen LogP contribution in [0.5, 0.6) is 11.5 Å². The van der Waals surface area contributed by atoms with E-state index in [0.717, 1.165) is 42.7 Å². The molecule has 1 saturated carbocycles. The Hall–Kier alpha value is -3.35. The van der Waals surface area contributed by atoms with Gasteiger partial charge in [0.05, 0.1) is 6.20 Å². The highest BCUT2D eigenvalue weighted by molar-refractivity contribution is 5.92. The van der Waals surface area contributed by atoms with Crippen molar-refractivity contribution in [3.63, 3.8) is 0 Å². The second-order valence-corrected chi connectivity index (χ2v) is 8.05. The molecular weight excluding hydrogens is 370 g/mol. The summed E-state index contributed by atoms with van der Waals surface area (Å²) in [7, 11) is 0. The first kappa shape index (κ1) is 17.7. The summed E-state index contributed by atoms with van der Waals surface area (Å²) >= 11 is 0. The van der Waals surface area contributed by atoms with Gasteiger partial charge in [0.1, 0.15) is 28.5 Å². The average molecular weight is 391 g/mol. The van der Waals surface area contributed by atoms with Crippen LogP contribution in [0.3, 0.4) is 0 Å². The number of rotatable bonds is 4. The number of ether oxygens (including phenoxy) is 1. The Morgan fingerprint density at radius 3 is 2.69 bits per heavy atom. The normalized spacial score (nSPS) is 18.1. The van der Waals surface area contributed by atoms with Crippen molar-refractivity contribution in [1.29, 1.82) is 0 Å². The van der Waals surface area contributed by atoms with E-state index in [1.807, 2.05) is 18.2 Å². The fraction of sp³-hybridized carbons (Fsp3) is 0.318. The predicted molar refractivity (Wildman–Crippen MR) is 108 cm³/mol. The minimum absolute atomic E-state index is 0.112. The zero-order valence-corrected chi connectivity index (χ0v) is 15.9. The lowest BCUT2D eigenvalue weighted by Crippen LogP contribution is -2.47. The number of Topliss-reactive ketones (excluding diaryl/α,β-unsaturated/α-hetero) is 1. The summed E-state index contributed by atoms with van der Waals surface area (Å²) in [6, 6.07) is 8.92. The van der Waals surface area contributed by atoms with Crippen molar-refractivity contribution < 1.29 is 19.4 Å². The van der Waals surface area contributed by atoms with Crippen molar-refractivity contribution in [1.82, 2.24) is 9.97 Å². The largest absolute Gasteiger partial charge is 0.478 e. The first-order valence-corrected chi connectivity index (χ1v) is 9.76. The second-order valence-electron chi connectivity index (χ2n) is 8.05. The van der Waals surface area contributed by atoms with Gasteiger partial charge in [0.2, 0.25) is 0 Å². The minimum atomic E-state index is -1.03. The zero-order chi connectivity index (χ0) is 20.0. The van der Waals surface area contributed by atoms with Crippen LogP contribution in [-0.4, -0.2) is 39.9 Å². The highest BCUT2D eigenvalue weighted by atomic mass is 16.5. The third-order valence-electron chi connectivity index (χ3n) is 6.13. The Labute approximate surface area is 167 Å². The number of nitrogens with one attached hydrogen (secondary N) is 1. The Balaban J connectivity index is 1.40. The molecule has 0 radical (unpaired) electrons. The van der Waals surface area contributed by atoms with Crippen LogP contribution in [0, 0.1) is 5.41 Å². The number of pyridine rings is 1. The number of anilines is 1. The van der Waals surface area contributed by atoms with Gasteiger partial charge < -0.3 is 19.7 Å². The van der Waals surface area contributed by atoms with Crippen molar-refractivity contribution in [3.8, 4) is 11.5 Å². The van der Waals surface area contributed by atoms with Crippen LogP contribution in [0.2, 0.25) is 0 Å². The fourth-order valence-corrected chi connectivity index (χ4v) is 4.45. The van der Waals surface area contributed by atoms with Gasteiger partial charge in [-0.2, -0.15) is 0 Å². The van der Waals surface area contributed by atoms with Crippen molar-refractivity contribution in [2.45, 2.75) is 25.7 Å². The Morgan fingerprint density at radius 1 is 1.17 bits per heavy atom. The summed E-state index contributed by atoms with van der Waals surface area (Å²) in [6.07, 6.45) is 6.77. The molecule has 0 atom stereocenters. The molecule has 148 valence electrons. The van der Waals surface area contributed by atoms with Gasteiger partial charge in [-0.15, -0.1) is 0 Å². The van der Waals surface area contributed by atoms with Crippen molar-refractivity contribution in [2.24, 2.45) is 5.41 Å². The van der Waals surface area contributed by atoms with Gasteiger partial charge in [0.25, 0.3) is 0 Å². The maximum absolute atomic E-state index is 11.7. The zero-order valence-electron chi connectivity index (χ0n) is 15.9. The molecule has 1 aliphatic carbocycles. The van der Waals surface area contributed by atoms with Crippen LogP contribution < -0.4 is 9.64 Å². The molecule has 2 fully saturated rings. The Kier molecular flexibility index (Phi) is 4.04. The lowest BCUT2D eigenvalue weighted by atomic mass is 9.62. The summed E-state index contributed by atoms with van der Waals surface area (Å²) in [5, 5.41) is 10.5. The van der Waals surface area contributed by atoms with Gasteiger partial charge in [0, 0.05) is 49.3 Å². The molecule has 0 bridgehead atoms. The summed E-state index contributed by atoms with van der Waals surface area (Å²) in [5.41, 5.74) is 1.99. The van der Waals surface area contributed by atoms with E-state index in [2.05, 4.69) is 14.9 Å². The van der Waals surface area contributed by atoms with Gasteiger partial charge >= 0.3 is 5.97 Å². The summed E-state index contributed by atoms with van der Waals surface area (Å²) in [6.45, 7) is 1.71. The quantitative estimate of drug-likeness (QED) is 0.698. The highest BCUT2D eigenvalue weighted by Crippen LogP contribution is 2.47. The molecule has 3 aromatic rings. The molecule has 1 aliphatic heterocycles. The number of piperidine rings is 1. The molecule has 1 saturated heterocycles. The first-order chi connectivity index (χ1) is 14.0. The van der Waals surface area contributed by atoms with Gasteiger partial charge in [-0.1, -0.05) is 0 Å². The summed E-state index contributed by atoms with van der Waals surface area (Å²) in [4.78, 5) is 32.7. The molecule has 3 heterocycles. The third kappa shape index (κ3) is 3.22. The molecule has 0 unspecified atom stereocenters. The van der Waals surface area contributed by atoms with E-state index in [1.54, 1.807) is 24.5 Å². The standard InChI is InChI=1S/C22H21N3O4/c26-16-11-22(12-16)4-7-25(8-5-22)15-1-2-18(21(27)28)19(10-15)29-17-9-14-3-6-23-20(14)24-13-17/h1-3,6,9-10,13H,4-5,7-8,11-12H2,(H,23,24)(H,27,28). The van der Waals surface area contributed by atoms with Gasteiger partial charge in [-0.3, -0.25) is 4.79 Å². The third-order valence-corrected chi connectivity index (χ3v) is 6.13. The topological polar surface area (TPSA) is 95.5 Å². The van der Waals surface area contributed by atoms with Crippen LogP contribution in [-0.2, 0) is 4.79 Å². The van der Waals surface area contributed by atoms with Gasteiger partial charge in [-0.05, 0) is 42.5 Å². The maximum atomic E-state index is 11.7. The lowest BCUT2D eigenvalue weighted by molar-refractivity contribution is -0.133. The smallest absolute Gasteiger partial charge is 0.339 e. The number of nitrogens with zero attached hydrogens (tertiary/aromatic N) is 2. The van der Waals surface area contributed by atoms with E-state index >= 15 is 0 Å². The number of hydrogen-bond acceptors (Lipinski definition) is 5. The lowest BCUT2D eigenvalue weighted by Gasteiger charge is -2.47. The van der Waals surface area contributed by atoms with E-state index in [9.17, 15) is 14.7 Å². The number of H-pyrrole nitrogens is 1. The van der Waals surface area contributed by atoms with Crippen LogP contribution in [0.25, 0.3) is 11.0 Å². The van der Waals surface area contributed by atoms with Crippen LogP contribution in [0.15, 0.2) is 42.7 Å². The average Bonchev–Trinajstić information content (AvgIpc) is 3.15. The first-order valence-electron chi connectivity index (χ1n) is 9.76. The molecule has 2 N–H and O–H groups in total. The van der Waals surface area contributed by atoms with Crippen LogP contribution >= 0.6 is 0 Å². The van der Waals surface area contributed by atoms with E-state index in [1.165, 1.54) is 0 Å². The van der Waals surface area contributed by atoms with E-state index in [0.29, 0.717) is 30.1 Å². The molecule has 0 amide bonds. The molecule has 2 aliphatic rings. The number of aromatic amines is 1. The summed E-state index contributed by atoms with van der Waals surface area (Å²) in [5.74, 6) is 0.119. The number of carboxylic acid groups (broad SMARTS) is 1. The van der Waals surface area contributed by atoms with E-state index in [-0.39, 0.29) is 11.0 Å². The van der Waals surface area contributed by atoms with Crippen LogP contribution in [0.1, 0.15) is 36.0 Å². The predicted octanol–water partition coefficient (Wildman–Crippen LogP) is 4.00. The van der Waals surface area contributed by atoms with Crippen molar-refractivity contribution in [2.75, 3.05) is 18.0 Å². The number of aromatic carboxylic acids is 1. The summed E-state index contributed by atoms with van der Waals surface area (Å²) < 4.78 is 5.94. The molecule has 1 aromatic carbocycles. The van der Waals surface area contributed by atoms with Gasteiger partial charge in [0.15, 0.2) is 0 Å². The molecule has 1 spiro atoms. The monoisotopic (exact) mass is 391 g/mol. The maximum Gasteiger partial charge on any atom is 0.339 e. The van der Waals surface area contributed by atoms with Crippen molar-refractivity contribution >= 4 is 28.5 Å². The SMILES string of the molecule is O=C1CC2(CCN(c3ccc(C(=O)O)c(Oc4cnc5[nH]ccc5c4)c3)CC2)C1. The number of hydrogen-bond donors (Lipinski definition) is 2. The molecule has 7 nitrogen and oxygen atoms in total. The number of carbonyl (C=O) groups excluding carboxylic acids is 1. The number of aromatic nitrogens is 2. The minimum Gasteiger partial charge on any atom is -0.478 e. The Morgan fingerprint density at radius 2 is 1.97 bits per heavy atom. The number of benzene rings is 1.